The summed E-state index contributed by atoms with van der Waals surface area (Å²) in [5.41, 5.74) is 5.92. The molecule has 0 unspecified atom stereocenters. The third-order valence-corrected chi connectivity index (χ3v) is 4.45. The van der Waals surface area contributed by atoms with Gasteiger partial charge in [-0.15, -0.1) is 0 Å². The maximum atomic E-state index is 12.6. The predicted octanol–water partition coefficient (Wildman–Crippen LogP) is 5.31. The zero-order valence-electron chi connectivity index (χ0n) is 13.1. The van der Waals surface area contributed by atoms with E-state index < -0.39 is 0 Å². The molecule has 2 aromatic rings. The lowest BCUT2D eigenvalue weighted by atomic mass is 9.80. The second-order valence-electron chi connectivity index (χ2n) is 5.84. The molecule has 0 N–H and O–H groups in total. The van der Waals surface area contributed by atoms with Gasteiger partial charge in [-0.2, -0.15) is 0 Å². The summed E-state index contributed by atoms with van der Waals surface area (Å²) in [7, 11) is 0. The van der Waals surface area contributed by atoms with Crippen LogP contribution in [0.2, 0.25) is 5.02 Å². The molecule has 3 heteroatoms. The number of halogens is 1. The highest BCUT2D eigenvalue weighted by Crippen LogP contribution is 2.34. The summed E-state index contributed by atoms with van der Waals surface area (Å²) in [5.74, 6) is 0.0563. The molecule has 116 valence electrons. The van der Waals surface area contributed by atoms with Gasteiger partial charge in [0, 0.05) is 21.7 Å². The third-order valence-electron chi connectivity index (χ3n) is 4.21. The Hall–Kier alpha value is -2.71. The largest absolute Gasteiger partial charge is 0.289 e. The Bertz CT molecular complexity index is 992. The Balaban J connectivity index is 1.97. The van der Waals surface area contributed by atoms with Crippen LogP contribution in [0.1, 0.15) is 18.1 Å². The summed E-state index contributed by atoms with van der Waals surface area (Å²) < 4.78 is 0. The highest BCUT2D eigenvalue weighted by Gasteiger charge is 2.28. The molecule has 24 heavy (non-hydrogen) atoms. The quantitative estimate of drug-likeness (QED) is 0.696. The van der Waals surface area contributed by atoms with Crippen LogP contribution in [0.15, 0.2) is 82.4 Å². The summed E-state index contributed by atoms with van der Waals surface area (Å²) in [6.45, 7) is 1.84. The number of carbonyl (C=O) groups is 1. The summed E-state index contributed by atoms with van der Waals surface area (Å²) in [6.07, 6.45) is 5.79. The van der Waals surface area contributed by atoms with Crippen LogP contribution in [0.5, 0.6) is 0 Å². The SMILES string of the molecule is CC1=CC=C2C(=Cc3ccccc3C2=Nc2cccc(Cl)c2)C1=O. The van der Waals surface area contributed by atoms with Gasteiger partial charge in [-0.05, 0) is 42.3 Å². The second-order valence-corrected chi connectivity index (χ2v) is 6.28. The number of hydrogen-bond donors (Lipinski definition) is 0. The molecule has 0 fully saturated rings. The van der Waals surface area contributed by atoms with Crippen molar-refractivity contribution in [1.29, 1.82) is 0 Å². The van der Waals surface area contributed by atoms with Crippen LogP contribution < -0.4 is 0 Å². The summed E-state index contributed by atoms with van der Waals surface area (Å²) >= 11 is 6.08. The number of allylic oxidation sites excluding steroid dienone is 5. The van der Waals surface area contributed by atoms with E-state index in [1.807, 2.05) is 73.7 Å². The lowest BCUT2D eigenvalue weighted by Gasteiger charge is -2.23. The number of rotatable bonds is 1. The number of ketones is 1. The number of aliphatic imine (C=N–C) groups is 1. The first kappa shape index (κ1) is 14.9. The molecular weight excluding hydrogens is 318 g/mol. The Labute approximate surface area is 145 Å². The van der Waals surface area contributed by atoms with Gasteiger partial charge in [0.2, 0.25) is 0 Å². The van der Waals surface area contributed by atoms with E-state index in [9.17, 15) is 4.79 Å². The minimum absolute atomic E-state index is 0.0563. The molecule has 0 saturated heterocycles. The molecule has 0 aromatic heterocycles. The molecule has 0 spiro atoms. The van der Waals surface area contributed by atoms with Gasteiger partial charge in [-0.1, -0.05) is 54.1 Å². The van der Waals surface area contributed by atoms with E-state index >= 15 is 0 Å². The van der Waals surface area contributed by atoms with Crippen molar-refractivity contribution >= 4 is 34.9 Å². The smallest absolute Gasteiger partial charge is 0.189 e. The molecule has 0 aliphatic heterocycles. The molecule has 0 amide bonds. The van der Waals surface area contributed by atoms with E-state index in [0.717, 1.165) is 33.7 Å². The second kappa shape index (κ2) is 5.73. The maximum Gasteiger partial charge on any atom is 0.189 e. The van der Waals surface area contributed by atoms with Crippen LogP contribution in [-0.2, 0) is 4.79 Å². The van der Waals surface area contributed by atoms with Crippen molar-refractivity contribution in [3.8, 4) is 0 Å². The van der Waals surface area contributed by atoms with Crippen molar-refractivity contribution in [3.63, 3.8) is 0 Å². The van der Waals surface area contributed by atoms with Crippen molar-refractivity contribution in [2.45, 2.75) is 6.92 Å². The van der Waals surface area contributed by atoms with Gasteiger partial charge in [-0.3, -0.25) is 4.79 Å². The molecular formula is C21H14ClNO. The fraction of sp³-hybridized carbons (Fsp3) is 0.0476. The van der Waals surface area contributed by atoms with E-state index in [0.29, 0.717) is 10.6 Å². The molecule has 0 atom stereocenters. The number of nitrogens with zero attached hydrogens (tertiary/aromatic N) is 1. The molecule has 0 bridgehead atoms. The highest BCUT2D eigenvalue weighted by molar-refractivity contribution is 6.32. The zero-order valence-corrected chi connectivity index (χ0v) is 13.8. The summed E-state index contributed by atoms with van der Waals surface area (Å²) in [4.78, 5) is 17.4. The zero-order chi connectivity index (χ0) is 16.7. The van der Waals surface area contributed by atoms with Gasteiger partial charge in [0.25, 0.3) is 0 Å². The Morgan fingerprint density at radius 2 is 1.79 bits per heavy atom. The van der Waals surface area contributed by atoms with Gasteiger partial charge in [0.15, 0.2) is 5.78 Å². The van der Waals surface area contributed by atoms with Crippen LogP contribution in [0.4, 0.5) is 5.69 Å². The van der Waals surface area contributed by atoms with Gasteiger partial charge in [0.1, 0.15) is 0 Å². The first-order chi connectivity index (χ1) is 11.6. The van der Waals surface area contributed by atoms with Gasteiger partial charge < -0.3 is 0 Å². The van der Waals surface area contributed by atoms with E-state index in [-0.39, 0.29) is 5.78 Å². The number of benzene rings is 2. The topological polar surface area (TPSA) is 29.4 Å². The van der Waals surface area contributed by atoms with Crippen molar-refractivity contribution < 1.29 is 4.79 Å². The lowest BCUT2D eigenvalue weighted by Crippen LogP contribution is -2.21. The normalized spacial score (nSPS) is 17.7. The van der Waals surface area contributed by atoms with Crippen LogP contribution in [0, 0.1) is 0 Å². The van der Waals surface area contributed by atoms with E-state index in [4.69, 9.17) is 16.6 Å². The number of hydrogen-bond acceptors (Lipinski definition) is 2. The van der Waals surface area contributed by atoms with Crippen molar-refractivity contribution in [3.05, 3.63) is 93.6 Å². The minimum Gasteiger partial charge on any atom is -0.289 e. The van der Waals surface area contributed by atoms with E-state index in [2.05, 4.69) is 0 Å². The van der Waals surface area contributed by atoms with Crippen LogP contribution in [0.25, 0.3) is 6.08 Å². The Morgan fingerprint density at radius 1 is 0.958 bits per heavy atom. The molecule has 0 radical (unpaired) electrons. The number of fused-ring (bicyclic) bond motifs is 2. The first-order valence-corrected chi connectivity index (χ1v) is 8.11. The summed E-state index contributed by atoms with van der Waals surface area (Å²) in [6, 6.07) is 15.4. The maximum absolute atomic E-state index is 12.6. The fourth-order valence-electron chi connectivity index (χ4n) is 2.99. The molecule has 0 heterocycles. The minimum atomic E-state index is 0.0563. The van der Waals surface area contributed by atoms with Gasteiger partial charge >= 0.3 is 0 Å². The summed E-state index contributed by atoms with van der Waals surface area (Å²) in [5, 5.41) is 0.640. The molecule has 0 saturated carbocycles. The lowest BCUT2D eigenvalue weighted by molar-refractivity contribution is -0.111. The number of carbonyl (C=O) groups excluding carboxylic acids is 1. The average molecular weight is 332 g/mol. The van der Waals surface area contributed by atoms with Crippen molar-refractivity contribution in [2.24, 2.45) is 4.99 Å². The molecule has 2 nitrogen and oxygen atoms in total. The highest BCUT2D eigenvalue weighted by atomic mass is 35.5. The first-order valence-electron chi connectivity index (χ1n) is 7.73. The molecule has 2 aliphatic carbocycles. The Kier molecular flexibility index (Phi) is 3.55. The van der Waals surface area contributed by atoms with E-state index in [1.165, 1.54) is 0 Å². The van der Waals surface area contributed by atoms with Gasteiger partial charge in [-0.25, -0.2) is 4.99 Å². The van der Waals surface area contributed by atoms with Gasteiger partial charge in [0.05, 0.1) is 11.4 Å². The predicted molar refractivity (Wildman–Crippen MR) is 98.9 cm³/mol. The third kappa shape index (κ3) is 2.45. The van der Waals surface area contributed by atoms with Crippen LogP contribution in [-0.4, -0.2) is 11.5 Å². The Morgan fingerprint density at radius 3 is 2.62 bits per heavy atom. The standard InChI is InChI=1S/C21H14ClNO/c1-13-9-10-18-19(21(13)24)11-14-5-2-3-8-17(14)20(18)23-16-7-4-6-15(22)12-16/h2-12H,1H3. The van der Waals surface area contributed by atoms with Crippen molar-refractivity contribution in [2.75, 3.05) is 0 Å². The number of Topliss-reactive ketones (excluding diaryl/α,β-unsaturated/α-hetero) is 1. The molecule has 2 aliphatic rings. The van der Waals surface area contributed by atoms with Crippen LogP contribution >= 0.6 is 11.6 Å². The molecule has 4 rings (SSSR count). The molecule has 2 aromatic carbocycles. The average Bonchev–Trinajstić information content (AvgIpc) is 2.58. The fourth-order valence-corrected chi connectivity index (χ4v) is 3.18. The van der Waals surface area contributed by atoms with Crippen molar-refractivity contribution in [1.82, 2.24) is 0 Å². The van der Waals surface area contributed by atoms with Crippen LogP contribution in [0.3, 0.4) is 0 Å². The van der Waals surface area contributed by atoms with E-state index in [1.54, 1.807) is 0 Å². The monoisotopic (exact) mass is 331 g/mol.